The molecular formula is C69H133NO5. The van der Waals surface area contributed by atoms with E-state index in [0.29, 0.717) is 19.4 Å². The zero-order chi connectivity index (χ0) is 54.3. The van der Waals surface area contributed by atoms with Crippen LogP contribution in [0.1, 0.15) is 380 Å². The highest BCUT2D eigenvalue weighted by atomic mass is 16.5. The van der Waals surface area contributed by atoms with Gasteiger partial charge in [-0.2, -0.15) is 0 Å². The summed E-state index contributed by atoms with van der Waals surface area (Å²) >= 11 is 0. The second-order valence-electron chi connectivity index (χ2n) is 23.5. The predicted molar refractivity (Wildman–Crippen MR) is 329 cm³/mol. The van der Waals surface area contributed by atoms with E-state index in [4.69, 9.17) is 4.74 Å². The molecule has 3 N–H and O–H groups in total. The molecule has 0 spiro atoms. The van der Waals surface area contributed by atoms with Gasteiger partial charge in [0, 0.05) is 12.8 Å². The van der Waals surface area contributed by atoms with E-state index < -0.39 is 12.1 Å². The average molecular weight is 1060 g/mol. The summed E-state index contributed by atoms with van der Waals surface area (Å²) in [6, 6.07) is -0.628. The maximum absolute atomic E-state index is 12.5. The van der Waals surface area contributed by atoms with Gasteiger partial charge in [-0.05, 0) is 57.8 Å². The van der Waals surface area contributed by atoms with E-state index in [9.17, 15) is 19.8 Å². The van der Waals surface area contributed by atoms with Crippen molar-refractivity contribution in [2.24, 2.45) is 0 Å². The standard InChI is InChI=1S/C69H133NO5/c1-3-5-7-9-11-13-15-17-18-19-20-21-23-26-29-32-35-38-41-45-49-53-57-61-67(72)66(65-71)70-68(73)62-58-54-50-46-42-39-36-33-30-27-24-22-25-28-31-34-37-40-44-48-52-56-60-64-75-69(74)63-59-55-51-47-43-16-14-12-10-8-6-4-2/h12,14,57,61,66-67,71-72H,3-11,13,15-56,58-60,62-65H2,1-2H3,(H,70,73)/b14-12-,61-57+. The third-order valence-corrected chi connectivity index (χ3v) is 16.0. The van der Waals surface area contributed by atoms with Crippen LogP contribution in [0.15, 0.2) is 24.3 Å². The van der Waals surface area contributed by atoms with Crippen LogP contribution in [0, 0.1) is 0 Å². The topological polar surface area (TPSA) is 95.9 Å². The van der Waals surface area contributed by atoms with E-state index >= 15 is 0 Å². The Bertz CT molecular complexity index is 1170. The summed E-state index contributed by atoms with van der Waals surface area (Å²) in [6.45, 7) is 4.91. The minimum atomic E-state index is -0.845. The van der Waals surface area contributed by atoms with Gasteiger partial charge in [0.15, 0.2) is 0 Å². The third kappa shape index (κ3) is 61.4. The molecule has 0 heterocycles. The molecule has 2 atom stereocenters. The number of allylic oxidation sites excluding steroid dienone is 3. The van der Waals surface area contributed by atoms with Crippen molar-refractivity contribution in [2.75, 3.05) is 13.2 Å². The highest BCUT2D eigenvalue weighted by molar-refractivity contribution is 5.76. The van der Waals surface area contributed by atoms with Gasteiger partial charge >= 0.3 is 5.97 Å². The lowest BCUT2D eigenvalue weighted by Crippen LogP contribution is -2.45. The number of hydrogen-bond acceptors (Lipinski definition) is 5. The van der Waals surface area contributed by atoms with Crippen LogP contribution in [-0.4, -0.2) is 47.4 Å². The van der Waals surface area contributed by atoms with Crippen molar-refractivity contribution in [2.45, 2.75) is 392 Å². The van der Waals surface area contributed by atoms with Crippen LogP contribution >= 0.6 is 0 Å². The van der Waals surface area contributed by atoms with Gasteiger partial charge in [-0.15, -0.1) is 0 Å². The molecule has 0 rings (SSSR count). The minimum Gasteiger partial charge on any atom is -0.466 e. The number of carbonyl (C=O) groups excluding carboxylic acids is 2. The van der Waals surface area contributed by atoms with Crippen molar-refractivity contribution in [3.05, 3.63) is 24.3 Å². The lowest BCUT2D eigenvalue weighted by atomic mass is 10.0. The summed E-state index contributed by atoms with van der Waals surface area (Å²) in [7, 11) is 0. The number of nitrogens with one attached hydrogen (secondary N) is 1. The van der Waals surface area contributed by atoms with E-state index in [1.807, 2.05) is 6.08 Å². The minimum absolute atomic E-state index is 0.00444. The first-order valence-electron chi connectivity index (χ1n) is 34.1. The van der Waals surface area contributed by atoms with Crippen molar-refractivity contribution in [1.29, 1.82) is 0 Å². The molecule has 2 unspecified atom stereocenters. The first kappa shape index (κ1) is 73.3. The highest BCUT2D eigenvalue weighted by Gasteiger charge is 2.18. The van der Waals surface area contributed by atoms with Crippen molar-refractivity contribution < 1.29 is 24.5 Å². The van der Waals surface area contributed by atoms with E-state index in [2.05, 4.69) is 31.3 Å². The highest BCUT2D eigenvalue weighted by Crippen LogP contribution is 2.19. The number of rotatable bonds is 64. The lowest BCUT2D eigenvalue weighted by molar-refractivity contribution is -0.143. The van der Waals surface area contributed by atoms with E-state index in [1.54, 1.807) is 6.08 Å². The van der Waals surface area contributed by atoms with Crippen LogP contribution in [-0.2, 0) is 14.3 Å². The summed E-state index contributed by atoms with van der Waals surface area (Å²) in [5.41, 5.74) is 0. The number of carbonyl (C=O) groups is 2. The summed E-state index contributed by atoms with van der Waals surface area (Å²) in [6.07, 6.45) is 81.0. The predicted octanol–water partition coefficient (Wildman–Crippen LogP) is 21.8. The summed E-state index contributed by atoms with van der Waals surface area (Å²) < 4.78 is 5.47. The molecule has 6 heteroatoms. The molecule has 0 aromatic carbocycles. The number of esters is 1. The molecule has 0 aliphatic carbocycles. The molecule has 1 amide bonds. The molecule has 0 aromatic heterocycles. The fraction of sp³-hybridized carbons (Fsp3) is 0.913. The molecule has 0 aliphatic heterocycles. The van der Waals surface area contributed by atoms with Gasteiger partial charge in [0.1, 0.15) is 0 Å². The van der Waals surface area contributed by atoms with Gasteiger partial charge in [-0.25, -0.2) is 0 Å². The zero-order valence-corrected chi connectivity index (χ0v) is 50.8. The molecule has 0 bridgehead atoms. The largest absolute Gasteiger partial charge is 0.466 e. The zero-order valence-electron chi connectivity index (χ0n) is 50.8. The summed E-state index contributed by atoms with van der Waals surface area (Å²) in [5.74, 6) is -0.0590. The van der Waals surface area contributed by atoms with Gasteiger partial charge in [0.25, 0.3) is 0 Å². The molecule has 444 valence electrons. The van der Waals surface area contributed by atoms with Gasteiger partial charge in [-0.1, -0.05) is 334 Å². The summed E-state index contributed by atoms with van der Waals surface area (Å²) in [4.78, 5) is 24.5. The molecule has 0 aromatic rings. The van der Waals surface area contributed by atoms with E-state index in [-0.39, 0.29) is 18.5 Å². The van der Waals surface area contributed by atoms with Gasteiger partial charge in [-0.3, -0.25) is 9.59 Å². The molecule has 6 nitrogen and oxygen atoms in total. The van der Waals surface area contributed by atoms with Gasteiger partial charge in [0.05, 0.1) is 25.4 Å². The van der Waals surface area contributed by atoms with Crippen molar-refractivity contribution in [1.82, 2.24) is 5.32 Å². The fourth-order valence-electron chi connectivity index (χ4n) is 10.7. The molecule has 0 saturated carbocycles. The summed E-state index contributed by atoms with van der Waals surface area (Å²) in [5, 5.41) is 23.3. The van der Waals surface area contributed by atoms with Crippen LogP contribution in [0.4, 0.5) is 0 Å². The second kappa shape index (κ2) is 64.9. The molecule has 0 radical (unpaired) electrons. The number of amides is 1. The number of aliphatic hydroxyl groups excluding tert-OH is 2. The number of unbranched alkanes of at least 4 members (excludes halogenated alkanes) is 51. The van der Waals surface area contributed by atoms with Gasteiger partial charge in [0.2, 0.25) is 5.91 Å². The van der Waals surface area contributed by atoms with E-state index in [0.717, 1.165) is 44.9 Å². The maximum atomic E-state index is 12.5. The van der Waals surface area contributed by atoms with Crippen LogP contribution in [0.2, 0.25) is 0 Å². The maximum Gasteiger partial charge on any atom is 0.305 e. The van der Waals surface area contributed by atoms with Crippen LogP contribution in [0.5, 0.6) is 0 Å². The Hall–Kier alpha value is -1.66. The average Bonchev–Trinajstić information content (AvgIpc) is 3.41. The molecule has 0 aliphatic rings. The van der Waals surface area contributed by atoms with Crippen LogP contribution in [0.25, 0.3) is 0 Å². The monoisotopic (exact) mass is 1060 g/mol. The Balaban J connectivity index is 3.41. The smallest absolute Gasteiger partial charge is 0.305 e. The first-order chi connectivity index (χ1) is 37.0. The third-order valence-electron chi connectivity index (χ3n) is 16.0. The molecule has 0 saturated heterocycles. The Morgan fingerprint density at radius 2 is 0.627 bits per heavy atom. The Morgan fingerprint density at radius 3 is 0.973 bits per heavy atom. The van der Waals surface area contributed by atoms with Crippen molar-refractivity contribution in [3.8, 4) is 0 Å². The SMILES string of the molecule is CCCCC/C=C\CCCCCCCC(=O)OCCCCCCCCCCCCCCCCCCCCCCCCCC(=O)NC(CO)C(O)/C=C/CCCCCCCCCCCCCCCCCCCCCCC. The molecule has 75 heavy (non-hydrogen) atoms. The number of hydrogen-bond donors (Lipinski definition) is 3. The number of aliphatic hydroxyl groups is 2. The van der Waals surface area contributed by atoms with E-state index in [1.165, 1.54) is 308 Å². The Kier molecular flexibility index (Phi) is 63.4. The quantitative estimate of drug-likeness (QED) is 0.0320. The van der Waals surface area contributed by atoms with Crippen LogP contribution < -0.4 is 5.32 Å². The van der Waals surface area contributed by atoms with Crippen LogP contribution in [0.3, 0.4) is 0 Å². The fourth-order valence-corrected chi connectivity index (χ4v) is 10.7. The molecular weight excluding hydrogens is 923 g/mol. The lowest BCUT2D eigenvalue weighted by Gasteiger charge is -2.20. The normalized spacial score (nSPS) is 12.6. The first-order valence-corrected chi connectivity index (χ1v) is 34.1. The number of ether oxygens (including phenoxy) is 1. The van der Waals surface area contributed by atoms with Crippen molar-refractivity contribution in [3.63, 3.8) is 0 Å². The van der Waals surface area contributed by atoms with Crippen molar-refractivity contribution >= 4 is 11.9 Å². The second-order valence-corrected chi connectivity index (χ2v) is 23.5. The van der Waals surface area contributed by atoms with Gasteiger partial charge < -0.3 is 20.3 Å². The molecule has 0 fully saturated rings. The Morgan fingerprint density at radius 1 is 0.360 bits per heavy atom. The Labute approximate surface area is 469 Å².